The molecule has 1 unspecified atom stereocenters. The van der Waals surface area contributed by atoms with Gasteiger partial charge in [0.25, 0.3) is 0 Å². The zero-order chi connectivity index (χ0) is 23.7. The maximum atomic E-state index is 13.2. The zero-order valence-electron chi connectivity index (χ0n) is 19.4. The van der Waals surface area contributed by atoms with E-state index in [2.05, 4.69) is 5.32 Å². The van der Waals surface area contributed by atoms with Crippen LogP contribution in [-0.4, -0.2) is 74.9 Å². The highest BCUT2D eigenvalue weighted by Gasteiger charge is 2.37. The lowest BCUT2D eigenvalue weighted by molar-refractivity contribution is -0.140. The summed E-state index contributed by atoms with van der Waals surface area (Å²) in [5.41, 5.74) is 0. The van der Waals surface area contributed by atoms with Crippen LogP contribution in [0.2, 0.25) is 0 Å². The Kier molecular flexibility index (Phi) is 6.70. The molecule has 2 amide bonds. The van der Waals surface area contributed by atoms with Crippen LogP contribution in [0.5, 0.6) is 11.5 Å². The summed E-state index contributed by atoms with van der Waals surface area (Å²) >= 11 is 0. The SMILES string of the molecule is O=C(NC1CC1)C1CCCN(C(=O)C2CCN(S(=O)(=O)c3ccc4c(c3)OCCCO4)CC2)C1. The van der Waals surface area contributed by atoms with E-state index in [0.29, 0.717) is 69.8 Å². The quantitative estimate of drug-likeness (QED) is 0.673. The van der Waals surface area contributed by atoms with Gasteiger partial charge >= 0.3 is 0 Å². The number of hydrogen-bond acceptors (Lipinski definition) is 6. The van der Waals surface area contributed by atoms with E-state index >= 15 is 0 Å². The molecule has 2 saturated heterocycles. The lowest BCUT2D eigenvalue weighted by Crippen LogP contribution is -2.49. The number of hydrogen-bond donors (Lipinski definition) is 1. The van der Waals surface area contributed by atoms with Crippen LogP contribution in [-0.2, 0) is 19.6 Å². The number of sulfonamides is 1. The van der Waals surface area contributed by atoms with Crippen molar-refractivity contribution in [2.24, 2.45) is 11.8 Å². The lowest BCUT2D eigenvalue weighted by Gasteiger charge is -2.37. The van der Waals surface area contributed by atoms with Crippen molar-refractivity contribution in [3.05, 3.63) is 18.2 Å². The van der Waals surface area contributed by atoms with E-state index < -0.39 is 10.0 Å². The molecule has 0 aromatic heterocycles. The summed E-state index contributed by atoms with van der Waals surface area (Å²) in [6, 6.07) is 5.06. The fraction of sp³-hybridized carbons (Fsp3) is 0.667. The van der Waals surface area contributed by atoms with Crippen LogP contribution in [0.4, 0.5) is 0 Å². The summed E-state index contributed by atoms with van der Waals surface area (Å²) in [4.78, 5) is 27.6. The van der Waals surface area contributed by atoms with E-state index in [1.165, 1.54) is 10.4 Å². The molecule has 1 saturated carbocycles. The zero-order valence-corrected chi connectivity index (χ0v) is 20.2. The third-order valence-corrected chi connectivity index (χ3v) is 9.08. The van der Waals surface area contributed by atoms with Crippen molar-refractivity contribution in [1.29, 1.82) is 0 Å². The van der Waals surface area contributed by atoms with Gasteiger partial charge in [-0.1, -0.05) is 0 Å². The van der Waals surface area contributed by atoms with Crippen molar-refractivity contribution >= 4 is 21.8 Å². The highest BCUT2D eigenvalue weighted by Crippen LogP contribution is 2.34. The van der Waals surface area contributed by atoms with Crippen LogP contribution in [0, 0.1) is 11.8 Å². The molecule has 0 bridgehead atoms. The standard InChI is InChI=1S/C24H33N3O6S/c28-23(25-19-4-5-19)18-3-1-10-26(16-18)24(29)17-8-11-27(12-9-17)34(30,31)20-6-7-21-22(15-20)33-14-2-13-32-21/h6-7,15,17-19H,1-5,8-14,16H2,(H,25,28). The van der Waals surface area contributed by atoms with E-state index in [-0.39, 0.29) is 28.5 Å². The van der Waals surface area contributed by atoms with Crippen LogP contribution in [0.25, 0.3) is 0 Å². The summed E-state index contributed by atoms with van der Waals surface area (Å²) in [6.45, 7) is 2.77. The maximum absolute atomic E-state index is 13.2. The van der Waals surface area contributed by atoms with Gasteiger partial charge in [0.2, 0.25) is 21.8 Å². The summed E-state index contributed by atoms with van der Waals surface area (Å²) in [5.74, 6) is 0.784. The predicted octanol–water partition coefficient (Wildman–Crippen LogP) is 1.77. The summed E-state index contributed by atoms with van der Waals surface area (Å²) in [5, 5.41) is 3.06. The van der Waals surface area contributed by atoms with Crippen molar-refractivity contribution in [3.63, 3.8) is 0 Å². The third-order valence-electron chi connectivity index (χ3n) is 7.19. The van der Waals surface area contributed by atoms with Crippen molar-refractivity contribution in [2.45, 2.75) is 55.9 Å². The Morgan fingerprint density at radius 2 is 1.62 bits per heavy atom. The van der Waals surface area contributed by atoms with Crippen molar-refractivity contribution in [2.75, 3.05) is 39.4 Å². The van der Waals surface area contributed by atoms with Crippen LogP contribution in [0.15, 0.2) is 23.1 Å². The Morgan fingerprint density at radius 3 is 2.35 bits per heavy atom. The molecule has 34 heavy (non-hydrogen) atoms. The Hall–Kier alpha value is -2.33. The second-order valence-corrected chi connectivity index (χ2v) is 11.7. The Labute approximate surface area is 200 Å². The first-order chi connectivity index (χ1) is 16.4. The summed E-state index contributed by atoms with van der Waals surface area (Å²) < 4.78 is 39.2. The van der Waals surface area contributed by atoms with Gasteiger partial charge in [0, 0.05) is 50.6 Å². The number of rotatable bonds is 5. The summed E-state index contributed by atoms with van der Waals surface area (Å²) in [6.07, 6.45) is 5.46. The molecule has 10 heteroatoms. The van der Waals surface area contributed by atoms with Crippen LogP contribution in [0.1, 0.15) is 44.9 Å². The van der Waals surface area contributed by atoms with Gasteiger partial charge < -0.3 is 19.7 Å². The molecule has 0 spiro atoms. The number of carbonyl (C=O) groups excluding carboxylic acids is 2. The average Bonchev–Trinajstić information content (AvgIpc) is 3.70. The minimum atomic E-state index is -3.69. The maximum Gasteiger partial charge on any atom is 0.243 e. The van der Waals surface area contributed by atoms with Crippen LogP contribution < -0.4 is 14.8 Å². The minimum absolute atomic E-state index is 0.0524. The van der Waals surface area contributed by atoms with E-state index in [4.69, 9.17) is 9.47 Å². The Bertz CT molecular complexity index is 1030. The van der Waals surface area contributed by atoms with Gasteiger partial charge in [0.05, 0.1) is 24.0 Å². The van der Waals surface area contributed by atoms with E-state index in [0.717, 1.165) is 32.1 Å². The number of nitrogens with one attached hydrogen (secondary N) is 1. The average molecular weight is 492 g/mol. The monoisotopic (exact) mass is 491 g/mol. The molecule has 1 aromatic carbocycles. The van der Waals surface area contributed by atoms with Gasteiger partial charge in [-0.15, -0.1) is 0 Å². The predicted molar refractivity (Wildman–Crippen MR) is 124 cm³/mol. The molecule has 3 heterocycles. The van der Waals surface area contributed by atoms with Gasteiger partial charge in [0.1, 0.15) is 0 Å². The molecule has 1 aliphatic carbocycles. The van der Waals surface area contributed by atoms with Crippen molar-refractivity contribution < 1.29 is 27.5 Å². The molecular formula is C24H33N3O6S. The molecule has 186 valence electrons. The van der Waals surface area contributed by atoms with Crippen LogP contribution in [0.3, 0.4) is 0 Å². The molecule has 0 radical (unpaired) electrons. The van der Waals surface area contributed by atoms with Gasteiger partial charge in [-0.25, -0.2) is 8.42 Å². The van der Waals surface area contributed by atoms with Crippen LogP contribution >= 0.6 is 0 Å². The minimum Gasteiger partial charge on any atom is -0.490 e. The number of amides is 2. The first kappa shape index (κ1) is 23.4. The number of nitrogens with zero attached hydrogens (tertiary/aromatic N) is 2. The molecule has 5 rings (SSSR count). The molecular weight excluding hydrogens is 458 g/mol. The number of ether oxygens (including phenoxy) is 2. The molecule has 3 fully saturated rings. The third kappa shape index (κ3) is 5.02. The summed E-state index contributed by atoms with van der Waals surface area (Å²) in [7, 11) is -3.69. The number of benzene rings is 1. The number of piperidine rings is 2. The number of carbonyl (C=O) groups is 2. The molecule has 9 nitrogen and oxygen atoms in total. The van der Waals surface area contributed by atoms with Crippen molar-refractivity contribution in [3.8, 4) is 11.5 Å². The number of likely N-dealkylation sites (tertiary alicyclic amines) is 1. The molecule has 4 aliphatic rings. The fourth-order valence-corrected chi connectivity index (χ4v) is 6.48. The highest BCUT2D eigenvalue weighted by atomic mass is 32.2. The first-order valence-corrected chi connectivity index (χ1v) is 13.8. The molecule has 3 aliphatic heterocycles. The molecule has 1 atom stereocenters. The Morgan fingerprint density at radius 1 is 0.882 bits per heavy atom. The molecule has 1 N–H and O–H groups in total. The normalized spacial score (nSPS) is 24.4. The topological polar surface area (TPSA) is 105 Å². The van der Waals surface area contributed by atoms with Crippen molar-refractivity contribution in [1.82, 2.24) is 14.5 Å². The molecule has 1 aromatic rings. The van der Waals surface area contributed by atoms with Gasteiger partial charge in [-0.05, 0) is 50.7 Å². The first-order valence-electron chi connectivity index (χ1n) is 12.4. The van der Waals surface area contributed by atoms with Gasteiger partial charge in [-0.2, -0.15) is 4.31 Å². The van der Waals surface area contributed by atoms with E-state index in [1.54, 1.807) is 12.1 Å². The largest absolute Gasteiger partial charge is 0.490 e. The number of fused-ring (bicyclic) bond motifs is 1. The van der Waals surface area contributed by atoms with E-state index in [1.807, 2.05) is 4.90 Å². The lowest BCUT2D eigenvalue weighted by atomic mass is 9.92. The second-order valence-electron chi connectivity index (χ2n) is 9.74. The second kappa shape index (κ2) is 9.73. The Balaban J connectivity index is 1.18. The fourth-order valence-electron chi connectivity index (χ4n) is 4.99. The highest BCUT2D eigenvalue weighted by molar-refractivity contribution is 7.89. The van der Waals surface area contributed by atoms with E-state index in [9.17, 15) is 18.0 Å². The van der Waals surface area contributed by atoms with Gasteiger partial charge in [-0.3, -0.25) is 9.59 Å². The van der Waals surface area contributed by atoms with Gasteiger partial charge in [0.15, 0.2) is 11.5 Å². The smallest absolute Gasteiger partial charge is 0.243 e.